The quantitative estimate of drug-likeness (QED) is 0.0679. The molecule has 360 valence electrons. The number of phenolic OH excluding ortho intramolecular Hbond substituents is 1. The van der Waals surface area contributed by atoms with Gasteiger partial charge in [-0.3, -0.25) is 29.4 Å². The fourth-order valence-corrected chi connectivity index (χ4v) is 10.8. The van der Waals surface area contributed by atoms with Crippen molar-refractivity contribution in [2.75, 3.05) is 26.2 Å². The lowest BCUT2D eigenvalue weighted by molar-refractivity contribution is -0.136. The minimum Gasteiger partial charge on any atom is -0.503 e. The number of amides is 4. The number of aromatic hydroxyl groups is 1. The summed E-state index contributed by atoms with van der Waals surface area (Å²) in [6.07, 6.45) is 9.68. The van der Waals surface area contributed by atoms with Crippen molar-refractivity contribution in [1.82, 2.24) is 40.8 Å². The van der Waals surface area contributed by atoms with Crippen molar-refractivity contribution in [2.24, 2.45) is 11.3 Å². The summed E-state index contributed by atoms with van der Waals surface area (Å²) in [6, 6.07) is 18.4. The van der Waals surface area contributed by atoms with E-state index in [1.165, 1.54) is 10.5 Å². The van der Waals surface area contributed by atoms with E-state index in [1.807, 2.05) is 6.07 Å². The van der Waals surface area contributed by atoms with E-state index in [9.17, 15) is 33.1 Å². The first-order valence-corrected chi connectivity index (χ1v) is 23.9. The third kappa shape index (κ3) is 9.76. The lowest BCUT2D eigenvalue weighted by Crippen LogP contribution is -2.52. The van der Waals surface area contributed by atoms with Gasteiger partial charge in [-0.15, -0.1) is 10.2 Å². The number of ether oxygens (including phenoxy) is 2. The number of carbonyl (C=O) groups is 4. The van der Waals surface area contributed by atoms with Gasteiger partial charge in [-0.2, -0.15) is 4.98 Å². The van der Waals surface area contributed by atoms with Crippen LogP contribution in [0.2, 0.25) is 0 Å². The first-order chi connectivity index (χ1) is 33.4. The molecule has 0 unspecified atom stereocenters. The molecular weight excluding hydrogens is 891 g/mol. The second-order valence-electron chi connectivity index (χ2n) is 19.4. The molecule has 6 aliphatic rings. The number of piperidine rings is 2. The average molecular weight is 945 g/mol. The Hall–Kier alpha value is -6.82. The average Bonchev–Trinajstić information content (AvgIpc) is 4.01. The molecular formula is C51H54F2N8O8. The predicted molar refractivity (Wildman–Crippen MR) is 243 cm³/mol. The van der Waals surface area contributed by atoms with Crippen LogP contribution in [0.5, 0.6) is 17.4 Å². The first kappa shape index (κ1) is 45.9. The van der Waals surface area contributed by atoms with Gasteiger partial charge in [-0.05, 0) is 137 Å². The maximum absolute atomic E-state index is 13.8. The molecule has 3 N–H and O–H groups in total. The number of nitrogens with one attached hydrogen (secondary N) is 2. The summed E-state index contributed by atoms with van der Waals surface area (Å²) >= 11 is 0. The first-order valence-electron chi connectivity index (χ1n) is 23.9. The summed E-state index contributed by atoms with van der Waals surface area (Å²) in [7, 11) is 0. The van der Waals surface area contributed by atoms with E-state index in [0.717, 1.165) is 107 Å². The smallest absolute Gasteiger partial charge is 0.255 e. The highest BCUT2D eigenvalue weighted by molar-refractivity contribution is 6.05. The number of benzene rings is 3. The van der Waals surface area contributed by atoms with Gasteiger partial charge in [0.2, 0.25) is 29.4 Å². The number of nitrogens with zero attached hydrogens (tertiary/aromatic N) is 6. The second kappa shape index (κ2) is 19.3. The Labute approximate surface area is 397 Å². The summed E-state index contributed by atoms with van der Waals surface area (Å²) < 4.78 is 45.6. The monoisotopic (exact) mass is 944 g/mol. The van der Waals surface area contributed by atoms with E-state index in [2.05, 4.69) is 55.2 Å². The molecule has 5 heterocycles. The van der Waals surface area contributed by atoms with Gasteiger partial charge in [0.15, 0.2) is 17.4 Å². The lowest BCUT2D eigenvalue weighted by atomic mass is 9.53. The maximum Gasteiger partial charge on any atom is 0.255 e. The van der Waals surface area contributed by atoms with Crippen molar-refractivity contribution in [3.8, 4) is 28.9 Å². The van der Waals surface area contributed by atoms with Crippen LogP contribution in [0, 0.1) is 23.0 Å². The number of fused-ring (bicyclic) bond motifs is 4. The molecule has 11 rings (SSSR count). The minimum atomic E-state index is -1.17. The van der Waals surface area contributed by atoms with E-state index in [0.29, 0.717) is 66.7 Å². The Morgan fingerprint density at radius 1 is 0.899 bits per heavy atom. The molecule has 18 heteroatoms. The maximum atomic E-state index is 13.8. The van der Waals surface area contributed by atoms with Crippen molar-refractivity contribution in [1.29, 1.82) is 0 Å². The van der Waals surface area contributed by atoms with Crippen LogP contribution in [-0.2, 0) is 34.7 Å². The van der Waals surface area contributed by atoms with Gasteiger partial charge < -0.3 is 29.3 Å². The van der Waals surface area contributed by atoms with Crippen molar-refractivity contribution < 1.29 is 47.1 Å². The zero-order valence-corrected chi connectivity index (χ0v) is 38.2. The van der Waals surface area contributed by atoms with Gasteiger partial charge in [-0.25, -0.2) is 8.78 Å². The molecule has 3 aromatic carbocycles. The van der Waals surface area contributed by atoms with Crippen LogP contribution in [0.1, 0.15) is 120 Å². The van der Waals surface area contributed by atoms with Crippen molar-refractivity contribution in [3.63, 3.8) is 0 Å². The number of rotatable bonds is 16. The van der Waals surface area contributed by atoms with Gasteiger partial charge >= 0.3 is 0 Å². The van der Waals surface area contributed by atoms with Gasteiger partial charge in [0.1, 0.15) is 24.1 Å². The number of likely N-dealkylation sites (tertiary alicyclic amines) is 1. The summed E-state index contributed by atoms with van der Waals surface area (Å²) in [6.45, 7) is 4.49. The third-order valence-electron chi connectivity index (χ3n) is 15.1. The number of carbonyl (C=O) groups excluding carboxylic acids is 4. The molecule has 69 heavy (non-hydrogen) atoms. The molecule has 1 atom stereocenters. The molecule has 3 aliphatic heterocycles. The molecule has 2 bridgehead atoms. The molecule has 0 radical (unpaired) electrons. The van der Waals surface area contributed by atoms with E-state index in [-0.39, 0.29) is 41.2 Å². The highest BCUT2D eigenvalue weighted by Crippen LogP contribution is 2.57. The topological polar surface area (TPSA) is 202 Å². The van der Waals surface area contributed by atoms with Crippen LogP contribution in [0.25, 0.3) is 11.5 Å². The molecule has 5 fully saturated rings. The number of imide groups is 1. The molecule has 2 saturated heterocycles. The molecule has 2 aromatic heterocycles. The Morgan fingerprint density at radius 3 is 2.35 bits per heavy atom. The predicted octanol–water partition coefficient (Wildman–Crippen LogP) is 6.94. The van der Waals surface area contributed by atoms with Crippen LogP contribution in [0.3, 0.4) is 0 Å². The van der Waals surface area contributed by atoms with E-state index >= 15 is 0 Å². The van der Waals surface area contributed by atoms with Crippen LogP contribution in [0.15, 0.2) is 71.3 Å². The summed E-state index contributed by atoms with van der Waals surface area (Å²) in [5, 5.41) is 27.4. The van der Waals surface area contributed by atoms with E-state index < -0.39 is 35.2 Å². The van der Waals surface area contributed by atoms with Gasteiger partial charge in [-0.1, -0.05) is 35.5 Å². The van der Waals surface area contributed by atoms with E-state index in [1.54, 1.807) is 24.3 Å². The Balaban J connectivity index is 0.618. The Morgan fingerprint density at radius 2 is 1.64 bits per heavy atom. The molecule has 0 spiro atoms. The number of hydrogen-bond acceptors (Lipinski definition) is 13. The minimum absolute atomic E-state index is 0.129. The Kier molecular flexibility index (Phi) is 12.8. The van der Waals surface area contributed by atoms with Gasteiger partial charge in [0.25, 0.3) is 11.8 Å². The number of aromatic nitrogens is 4. The largest absolute Gasteiger partial charge is 0.503 e. The molecule has 5 aromatic rings. The van der Waals surface area contributed by atoms with Crippen molar-refractivity contribution in [3.05, 3.63) is 112 Å². The molecule has 4 amide bonds. The summed E-state index contributed by atoms with van der Waals surface area (Å²) in [5.74, 6) is -2.36. The van der Waals surface area contributed by atoms with Gasteiger partial charge in [0.05, 0.1) is 13.2 Å². The normalized spacial score (nSPS) is 22.7. The molecule has 3 aliphatic carbocycles. The fourth-order valence-electron chi connectivity index (χ4n) is 10.8. The van der Waals surface area contributed by atoms with Crippen molar-refractivity contribution in [2.45, 2.75) is 108 Å². The Bertz CT molecular complexity index is 2690. The summed E-state index contributed by atoms with van der Waals surface area (Å²) in [4.78, 5) is 58.8. The van der Waals surface area contributed by atoms with Gasteiger partial charge in [0, 0.05) is 47.7 Å². The molecule has 3 saturated carbocycles. The van der Waals surface area contributed by atoms with Crippen LogP contribution in [0.4, 0.5) is 8.78 Å². The second-order valence-corrected chi connectivity index (χ2v) is 19.4. The van der Waals surface area contributed by atoms with Crippen LogP contribution >= 0.6 is 0 Å². The van der Waals surface area contributed by atoms with Crippen LogP contribution < -0.4 is 20.1 Å². The fraction of sp³-hybridized carbons (Fsp3) is 0.451. The number of hydrogen-bond donors (Lipinski definition) is 3. The third-order valence-corrected chi connectivity index (χ3v) is 15.1. The lowest BCUT2D eigenvalue weighted by Gasteiger charge is -2.51. The van der Waals surface area contributed by atoms with E-state index in [4.69, 9.17) is 19.0 Å². The summed E-state index contributed by atoms with van der Waals surface area (Å²) in [5.41, 5.74) is 3.48. The zero-order valence-electron chi connectivity index (χ0n) is 38.2. The zero-order chi connectivity index (χ0) is 47.7. The standard InChI is InChI=1S/C51H54F2N8O8/c52-37-25-34(26-38(53)44(37)63)46(64)54-30-50-16-19-51(20-17-50,21-18-50)49-56-45(59-69-49)39-10-13-43(58-57-39)67-24-2-3-31-14-22-60(23-15-31)27-32-6-8-33(9-7-32)29-68-41-5-1-4-35-36(41)28-61(48(35)66)40-11-12-42(62)55-47(40)65/h1,4-10,13,25-26,31,40,63H,2-3,11-12,14-24,27-30H2,(H,54,64)(H,55,62,65)/t40-,50?,51?/m1/s1. The number of halogens is 2. The highest BCUT2D eigenvalue weighted by atomic mass is 19.1. The van der Waals surface area contributed by atoms with Crippen LogP contribution in [-0.4, -0.2) is 91.2 Å². The highest BCUT2D eigenvalue weighted by Gasteiger charge is 2.52. The SMILES string of the molecule is O=C1CC[C@@H](N2Cc3c(OCc4ccc(CN5CCC(CCCOc6ccc(-c7noc(C89CCC(CNC(=O)c%10cc(F)c(O)c(F)c%10)(CC8)CC9)n7)nn6)CC5)cc4)cccc3C2=O)C(=O)N1. The van der Waals surface area contributed by atoms with Crippen molar-refractivity contribution >= 4 is 23.6 Å². The molecule has 16 nitrogen and oxygen atoms in total. The number of phenols is 1.